The van der Waals surface area contributed by atoms with Gasteiger partial charge in [-0.05, 0) is 101 Å². The fourth-order valence-corrected chi connectivity index (χ4v) is 11.1. The largest absolute Gasteiger partial charge is 0.390 e. The minimum Gasteiger partial charge on any atom is -0.390 e. The van der Waals surface area contributed by atoms with Gasteiger partial charge in [0.2, 0.25) is 65.0 Å². The molecule has 0 aromatic carbocycles. The highest BCUT2D eigenvalue weighted by molar-refractivity contribution is 6.00. The van der Waals surface area contributed by atoms with Crippen molar-refractivity contribution in [3.8, 4) is 12.3 Å². The predicted molar refractivity (Wildman–Crippen MR) is 341 cm³/mol. The van der Waals surface area contributed by atoms with Crippen LogP contribution in [0.5, 0.6) is 0 Å². The number of aliphatic hydroxyl groups is 1. The molecule has 0 bridgehead atoms. The van der Waals surface area contributed by atoms with Gasteiger partial charge in [-0.3, -0.25) is 52.7 Å². The zero-order chi connectivity index (χ0) is 68.3. The summed E-state index contributed by atoms with van der Waals surface area (Å²) >= 11 is 0. The Morgan fingerprint density at radius 1 is 0.455 bits per heavy atom. The molecule has 0 saturated carbocycles. The van der Waals surface area contributed by atoms with E-state index in [1.54, 1.807) is 60.6 Å². The molecule has 1 fully saturated rings. The van der Waals surface area contributed by atoms with E-state index in [1.807, 2.05) is 55.4 Å². The first-order valence-electron chi connectivity index (χ1n) is 31.5. The number of nitrogens with one attached hydrogen (secondary N) is 4. The number of carbonyl (C=O) groups is 11. The molecule has 11 amide bonds. The fourth-order valence-electron chi connectivity index (χ4n) is 11.1. The first kappa shape index (κ1) is 79.4. The standard InChI is InChI=1S/C65H113N11O12/c1-26-29-31-42(16)54(77)53-58(81)68-45(28-3)60(83)70(19)46(30-27-2)61(84)71(20)48(33-37(6)7)57(80)69-51(40(12)13)64(87)72(21)47(32-36(4)5)56(79)66-43(17)55(78)67-44(18)59(82)73(22)49(34-38(8)9)62(85)74(23)50(35-39(10)11)63(86)75(24)52(41(14)15)65(88)76(53)25/h2,26,29,36-54,77H,28,30-35H2,1,3-25H3,(H,66,79)(H,67,78)(H,68,81)(H,69,80)/b29-26+/t42-,43+,44-,45+,46+,47+,48+,49+,50+,51+,52+,53+,54-/m1/s1. The number of aliphatic hydroxyl groups excluding tert-OH is 1. The van der Waals surface area contributed by atoms with Gasteiger partial charge in [0, 0.05) is 55.8 Å². The Labute approximate surface area is 526 Å². The first-order valence-corrected chi connectivity index (χ1v) is 31.5. The van der Waals surface area contributed by atoms with Crippen LogP contribution in [0.3, 0.4) is 0 Å². The molecule has 1 heterocycles. The quantitative estimate of drug-likeness (QED) is 0.109. The molecule has 1 aliphatic rings. The molecule has 0 unspecified atom stereocenters. The second-order valence-electron chi connectivity index (χ2n) is 26.7. The molecule has 0 aliphatic carbocycles. The van der Waals surface area contributed by atoms with Crippen molar-refractivity contribution in [1.82, 2.24) is 55.6 Å². The summed E-state index contributed by atoms with van der Waals surface area (Å²) in [4.78, 5) is 170. The zero-order valence-corrected chi connectivity index (χ0v) is 57.7. The number of amides is 11. The van der Waals surface area contributed by atoms with Gasteiger partial charge >= 0.3 is 0 Å². The van der Waals surface area contributed by atoms with Crippen LogP contribution in [0, 0.1) is 53.8 Å². The molecular formula is C65H113N11O12. The summed E-state index contributed by atoms with van der Waals surface area (Å²) in [5.41, 5.74) is 0. The van der Waals surface area contributed by atoms with Gasteiger partial charge in [-0.25, -0.2) is 0 Å². The van der Waals surface area contributed by atoms with Crippen LogP contribution in [0.15, 0.2) is 12.2 Å². The smallest absolute Gasteiger partial charge is 0.246 e. The molecule has 0 aromatic heterocycles. The topological polar surface area (TPSA) is 279 Å². The lowest BCUT2D eigenvalue weighted by atomic mass is 9.91. The minimum atomic E-state index is -1.65. The van der Waals surface area contributed by atoms with Gasteiger partial charge in [0.05, 0.1) is 6.10 Å². The highest BCUT2D eigenvalue weighted by atomic mass is 16.3. The van der Waals surface area contributed by atoms with Gasteiger partial charge in [-0.15, -0.1) is 12.3 Å². The summed E-state index contributed by atoms with van der Waals surface area (Å²) in [6.07, 6.45) is 8.39. The third kappa shape index (κ3) is 21.6. The Kier molecular flexibility index (Phi) is 32.7. The third-order valence-electron chi connectivity index (χ3n) is 16.7. The van der Waals surface area contributed by atoms with Gasteiger partial charge in [0.1, 0.15) is 66.5 Å². The van der Waals surface area contributed by atoms with Crippen molar-refractivity contribution >= 4 is 65.0 Å². The summed E-state index contributed by atoms with van der Waals surface area (Å²) in [7, 11) is 9.83. The zero-order valence-electron chi connectivity index (χ0n) is 57.7. The summed E-state index contributed by atoms with van der Waals surface area (Å²) in [5.74, 6) is -7.73. The van der Waals surface area contributed by atoms with Gasteiger partial charge < -0.3 is 60.7 Å². The molecule has 5 N–H and O–H groups in total. The second-order valence-corrected chi connectivity index (χ2v) is 26.7. The summed E-state index contributed by atoms with van der Waals surface area (Å²) < 4.78 is 0. The van der Waals surface area contributed by atoms with Crippen LogP contribution in [0.1, 0.15) is 163 Å². The van der Waals surface area contributed by atoms with E-state index < -0.39 is 155 Å². The number of terminal acetylenes is 1. The Morgan fingerprint density at radius 2 is 0.841 bits per heavy atom. The van der Waals surface area contributed by atoms with Crippen LogP contribution in [0.2, 0.25) is 0 Å². The number of likely N-dealkylation sites (N-methyl/N-ethyl adjacent to an activating group) is 7. The monoisotopic (exact) mass is 1240 g/mol. The van der Waals surface area contributed by atoms with E-state index in [9.17, 15) is 48.3 Å². The highest BCUT2D eigenvalue weighted by Crippen LogP contribution is 2.26. The fraction of sp³-hybridized carbons (Fsp3) is 0.769. The lowest BCUT2D eigenvalue weighted by molar-refractivity contribution is -0.157. The van der Waals surface area contributed by atoms with Crippen molar-refractivity contribution in [1.29, 1.82) is 0 Å². The maximum Gasteiger partial charge on any atom is 0.246 e. The van der Waals surface area contributed by atoms with E-state index in [-0.39, 0.29) is 62.2 Å². The van der Waals surface area contributed by atoms with Crippen LogP contribution in [0.25, 0.3) is 0 Å². The summed E-state index contributed by atoms with van der Waals surface area (Å²) in [6, 6.07) is -14.1. The first-order chi connectivity index (χ1) is 40.7. The Morgan fingerprint density at radius 3 is 1.27 bits per heavy atom. The maximum atomic E-state index is 15.2. The molecule has 23 nitrogen and oxygen atoms in total. The van der Waals surface area contributed by atoms with Crippen molar-refractivity contribution in [2.45, 2.75) is 235 Å². The predicted octanol–water partition coefficient (Wildman–Crippen LogP) is 3.66. The SMILES string of the molecule is C#CC[C@H]1C(=O)N(C)[C@@H](CC(C)C)C(=O)N[C@@H](C(C)C)C(=O)N(C)[C@@H](CC(C)C)C(=O)N[C@@H](C)C(=O)N[C@H](C)C(=O)N(C)[C@@H](CC(C)C)C(=O)N(C)[C@@H](CC(C)C)C(=O)N(C)[C@@H](C(C)C)C(=O)N(C)[C@@H]([C@H](O)[C@H](C)C/C=C/C)C(=O)N[C@@H](CC)C(=O)N1C. The van der Waals surface area contributed by atoms with Crippen molar-refractivity contribution in [2.24, 2.45) is 41.4 Å². The van der Waals surface area contributed by atoms with Crippen LogP contribution in [-0.2, 0) is 52.7 Å². The number of hydrogen-bond acceptors (Lipinski definition) is 12. The molecule has 0 spiro atoms. The van der Waals surface area contributed by atoms with E-state index in [4.69, 9.17) is 6.42 Å². The number of rotatable bonds is 16. The van der Waals surface area contributed by atoms with Crippen molar-refractivity contribution in [3.63, 3.8) is 0 Å². The summed E-state index contributed by atoms with van der Waals surface area (Å²) in [6.45, 7) is 29.7. The molecular weight excluding hydrogens is 1130 g/mol. The summed E-state index contributed by atoms with van der Waals surface area (Å²) in [5, 5.41) is 23.2. The average Bonchev–Trinajstić information content (AvgIpc) is 1.37. The molecule has 0 aromatic rings. The Hall–Kier alpha value is -6.57. The lowest BCUT2D eigenvalue weighted by Gasteiger charge is -2.41. The number of carbonyl (C=O) groups excluding carboxylic acids is 11. The normalized spacial score (nSPS) is 27.1. The number of hydrogen-bond donors (Lipinski definition) is 5. The maximum absolute atomic E-state index is 15.2. The van der Waals surface area contributed by atoms with E-state index in [0.717, 1.165) is 9.80 Å². The average molecular weight is 1240 g/mol. The Balaban J connectivity index is 4.45. The minimum absolute atomic E-state index is 0.0299. The Bertz CT molecular complexity index is 2470. The molecule has 1 aliphatic heterocycles. The number of nitrogens with zero attached hydrogens (tertiary/aromatic N) is 7. The van der Waals surface area contributed by atoms with Crippen molar-refractivity contribution in [3.05, 3.63) is 12.2 Å². The molecule has 88 heavy (non-hydrogen) atoms. The molecule has 0 radical (unpaired) electrons. The van der Waals surface area contributed by atoms with E-state index in [2.05, 4.69) is 27.2 Å². The van der Waals surface area contributed by atoms with Gasteiger partial charge in [0.15, 0.2) is 0 Å². The van der Waals surface area contributed by atoms with E-state index in [1.165, 1.54) is 87.7 Å². The lowest BCUT2D eigenvalue weighted by Crippen LogP contribution is -2.64. The molecule has 500 valence electrons. The van der Waals surface area contributed by atoms with Crippen LogP contribution in [-0.4, -0.2) is 226 Å². The van der Waals surface area contributed by atoms with E-state index in [0.29, 0.717) is 6.42 Å². The highest BCUT2D eigenvalue weighted by Gasteiger charge is 2.46. The van der Waals surface area contributed by atoms with Gasteiger partial charge in [-0.2, -0.15) is 0 Å². The molecule has 23 heteroatoms. The van der Waals surface area contributed by atoms with Gasteiger partial charge in [-0.1, -0.05) is 109 Å². The molecule has 1 saturated heterocycles. The van der Waals surface area contributed by atoms with Crippen molar-refractivity contribution < 1.29 is 57.8 Å². The number of allylic oxidation sites excluding steroid dienone is 2. The molecule has 1 rings (SSSR count). The second kappa shape index (κ2) is 36.2. The van der Waals surface area contributed by atoms with Crippen LogP contribution < -0.4 is 21.3 Å². The molecule has 13 atom stereocenters. The van der Waals surface area contributed by atoms with Crippen molar-refractivity contribution in [2.75, 3.05) is 49.3 Å². The van der Waals surface area contributed by atoms with E-state index >= 15 is 9.59 Å². The van der Waals surface area contributed by atoms with Crippen LogP contribution >= 0.6 is 0 Å². The third-order valence-corrected chi connectivity index (χ3v) is 16.7. The van der Waals surface area contributed by atoms with Gasteiger partial charge in [0.25, 0.3) is 0 Å². The van der Waals surface area contributed by atoms with Crippen LogP contribution in [0.4, 0.5) is 0 Å².